The summed E-state index contributed by atoms with van der Waals surface area (Å²) in [5, 5.41) is 13.8. The Kier molecular flexibility index (Phi) is 7.68. The van der Waals surface area contributed by atoms with Crippen molar-refractivity contribution in [2.24, 2.45) is 5.10 Å². The van der Waals surface area contributed by atoms with Crippen molar-refractivity contribution in [3.63, 3.8) is 0 Å². The lowest BCUT2D eigenvalue weighted by molar-refractivity contribution is -0.123. The van der Waals surface area contributed by atoms with Crippen LogP contribution in [0.4, 0.5) is 0 Å². The van der Waals surface area contributed by atoms with Crippen LogP contribution in [0.15, 0.2) is 41.5 Å². The Morgan fingerprint density at radius 2 is 1.79 bits per heavy atom. The van der Waals surface area contributed by atoms with E-state index in [1.165, 1.54) is 26.0 Å². The predicted molar refractivity (Wildman–Crippen MR) is 108 cm³/mol. The Bertz CT molecular complexity index is 793. The van der Waals surface area contributed by atoms with Crippen molar-refractivity contribution in [3.8, 4) is 23.0 Å². The van der Waals surface area contributed by atoms with Gasteiger partial charge in [-0.05, 0) is 42.2 Å². The van der Waals surface area contributed by atoms with Crippen molar-refractivity contribution < 1.29 is 24.1 Å². The van der Waals surface area contributed by atoms with E-state index in [-0.39, 0.29) is 29.8 Å². The van der Waals surface area contributed by atoms with Gasteiger partial charge in [-0.3, -0.25) is 4.79 Å². The normalized spacial score (nSPS) is 11.9. The number of hydrazone groups is 1. The molecule has 0 aromatic heterocycles. The Morgan fingerprint density at radius 1 is 1.18 bits per heavy atom. The van der Waals surface area contributed by atoms with Crippen LogP contribution in [0.1, 0.15) is 37.3 Å². The minimum atomic E-state index is -0.389. The van der Waals surface area contributed by atoms with E-state index in [1.54, 1.807) is 12.1 Å². The minimum Gasteiger partial charge on any atom is -0.502 e. The monoisotopic (exact) mass is 386 g/mol. The van der Waals surface area contributed by atoms with E-state index in [9.17, 15) is 9.90 Å². The van der Waals surface area contributed by atoms with E-state index in [0.717, 1.165) is 6.42 Å². The van der Waals surface area contributed by atoms with E-state index >= 15 is 0 Å². The first-order valence-electron chi connectivity index (χ1n) is 8.98. The van der Waals surface area contributed by atoms with Gasteiger partial charge in [0.2, 0.25) is 5.75 Å². The number of phenolic OH excluding ortho intramolecular Hbond substituents is 1. The zero-order chi connectivity index (χ0) is 20.5. The van der Waals surface area contributed by atoms with Crippen LogP contribution in [0.25, 0.3) is 0 Å². The molecule has 0 saturated heterocycles. The van der Waals surface area contributed by atoms with Gasteiger partial charge in [0, 0.05) is 5.56 Å². The summed E-state index contributed by atoms with van der Waals surface area (Å²) in [5.74, 6) is 1.12. The van der Waals surface area contributed by atoms with Gasteiger partial charge in [-0.1, -0.05) is 26.0 Å². The van der Waals surface area contributed by atoms with Gasteiger partial charge < -0.3 is 19.3 Å². The van der Waals surface area contributed by atoms with E-state index in [2.05, 4.69) is 24.4 Å². The first-order chi connectivity index (χ1) is 13.5. The van der Waals surface area contributed by atoms with Crippen molar-refractivity contribution in [2.45, 2.75) is 26.2 Å². The molecular formula is C21H26N2O5. The highest BCUT2D eigenvalue weighted by atomic mass is 16.5. The van der Waals surface area contributed by atoms with Crippen molar-refractivity contribution in [1.82, 2.24) is 5.43 Å². The summed E-state index contributed by atoms with van der Waals surface area (Å²) in [6, 6.07) is 10.9. The van der Waals surface area contributed by atoms with Crippen molar-refractivity contribution >= 4 is 12.1 Å². The fourth-order valence-electron chi connectivity index (χ4n) is 2.48. The van der Waals surface area contributed by atoms with Crippen LogP contribution in [-0.4, -0.2) is 38.1 Å². The Morgan fingerprint density at radius 3 is 2.32 bits per heavy atom. The van der Waals surface area contributed by atoms with Crippen molar-refractivity contribution in [1.29, 1.82) is 0 Å². The number of ether oxygens (including phenoxy) is 3. The zero-order valence-electron chi connectivity index (χ0n) is 16.6. The molecule has 150 valence electrons. The topological polar surface area (TPSA) is 89.4 Å². The number of nitrogens with one attached hydrogen (secondary N) is 1. The second-order valence-corrected chi connectivity index (χ2v) is 6.23. The maximum atomic E-state index is 11.9. The summed E-state index contributed by atoms with van der Waals surface area (Å²) in [5.41, 5.74) is 4.22. The third kappa shape index (κ3) is 5.64. The number of rotatable bonds is 9. The Hall–Kier alpha value is -3.22. The van der Waals surface area contributed by atoms with Gasteiger partial charge in [-0.25, -0.2) is 5.43 Å². The molecule has 2 rings (SSSR count). The SMILES string of the molecule is CC[C@H](C)c1ccc(OCC(=O)N/N=C\c2cc(OC)c(O)c(OC)c2)cc1. The molecule has 0 aliphatic rings. The molecule has 0 bridgehead atoms. The van der Waals surface area contributed by atoms with Crippen LogP contribution in [0.2, 0.25) is 0 Å². The molecule has 2 aromatic rings. The molecule has 0 heterocycles. The molecule has 0 saturated carbocycles. The number of amides is 1. The summed E-state index contributed by atoms with van der Waals surface area (Å²) in [6.07, 6.45) is 2.49. The van der Waals surface area contributed by atoms with Crippen LogP contribution in [0, 0.1) is 0 Å². The quantitative estimate of drug-likeness (QED) is 0.509. The molecule has 1 atom stereocenters. The van der Waals surface area contributed by atoms with Crippen LogP contribution in [-0.2, 0) is 4.79 Å². The van der Waals surface area contributed by atoms with Gasteiger partial charge in [0.05, 0.1) is 20.4 Å². The van der Waals surface area contributed by atoms with Crippen LogP contribution in [0.5, 0.6) is 23.0 Å². The lowest BCUT2D eigenvalue weighted by Crippen LogP contribution is -2.24. The molecule has 0 unspecified atom stereocenters. The highest BCUT2D eigenvalue weighted by Crippen LogP contribution is 2.36. The molecule has 0 radical (unpaired) electrons. The summed E-state index contributed by atoms with van der Waals surface area (Å²) in [6.45, 7) is 4.16. The fraction of sp³-hybridized carbons (Fsp3) is 0.333. The standard InChI is InChI=1S/C21H26N2O5/c1-5-14(2)16-6-8-17(9-7-16)28-13-20(24)23-22-12-15-10-18(26-3)21(25)19(11-15)27-4/h6-12,14,25H,5,13H2,1-4H3,(H,23,24)/b22-12-/t14-/m0/s1. The first kappa shape index (κ1) is 21.1. The average Bonchev–Trinajstić information content (AvgIpc) is 2.72. The smallest absolute Gasteiger partial charge is 0.277 e. The second kappa shape index (κ2) is 10.2. The summed E-state index contributed by atoms with van der Waals surface area (Å²) in [4.78, 5) is 11.9. The molecular weight excluding hydrogens is 360 g/mol. The third-order valence-electron chi connectivity index (χ3n) is 4.34. The molecule has 1 amide bonds. The predicted octanol–water partition coefficient (Wildman–Crippen LogP) is 3.45. The van der Waals surface area contributed by atoms with Gasteiger partial charge in [-0.15, -0.1) is 0 Å². The van der Waals surface area contributed by atoms with Gasteiger partial charge in [-0.2, -0.15) is 5.10 Å². The highest BCUT2D eigenvalue weighted by molar-refractivity contribution is 5.84. The average molecular weight is 386 g/mol. The molecule has 0 spiro atoms. The largest absolute Gasteiger partial charge is 0.502 e. The van der Waals surface area contributed by atoms with Crippen LogP contribution >= 0.6 is 0 Å². The molecule has 2 N–H and O–H groups in total. The fourth-order valence-corrected chi connectivity index (χ4v) is 2.48. The second-order valence-electron chi connectivity index (χ2n) is 6.23. The number of carbonyl (C=O) groups is 1. The molecule has 0 aliphatic carbocycles. The summed E-state index contributed by atoms with van der Waals surface area (Å²) >= 11 is 0. The number of nitrogens with zero attached hydrogens (tertiary/aromatic N) is 1. The minimum absolute atomic E-state index is 0.0982. The summed E-state index contributed by atoms with van der Waals surface area (Å²) < 4.78 is 15.6. The van der Waals surface area contributed by atoms with E-state index in [1.807, 2.05) is 24.3 Å². The molecule has 7 nitrogen and oxygen atoms in total. The maximum absolute atomic E-state index is 11.9. The van der Waals surface area contributed by atoms with Crippen LogP contribution < -0.4 is 19.6 Å². The number of aromatic hydroxyl groups is 1. The van der Waals surface area contributed by atoms with Crippen LogP contribution in [0.3, 0.4) is 0 Å². The van der Waals surface area contributed by atoms with E-state index < -0.39 is 0 Å². The number of carbonyl (C=O) groups excluding carboxylic acids is 1. The van der Waals surface area contributed by atoms with E-state index in [4.69, 9.17) is 14.2 Å². The van der Waals surface area contributed by atoms with Gasteiger partial charge >= 0.3 is 0 Å². The number of hydrogen-bond acceptors (Lipinski definition) is 6. The molecule has 2 aromatic carbocycles. The van der Waals surface area contributed by atoms with Gasteiger partial charge in [0.1, 0.15) is 5.75 Å². The number of hydrogen-bond donors (Lipinski definition) is 2. The van der Waals surface area contributed by atoms with Crippen molar-refractivity contribution in [2.75, 3.05) is 20.8 Å². The van der Waals surface area contributed by atoms with Crippen molar-refractivity contribution in [3.05, 3.63) is 47.5 Å². The van der Waals surface area contributed by atoms with E-state index in [0.29, 0.717) is 17.2 Å². The van der Waals surface area contributed by atoms with Gasteiger partial charge in [0.25, 0.3) is 5.91 Å². The Labute approximate surface area is 164 Å². The molecule has 28 heavy (non-hydrogen) atoms. The number of phenols is 1. The molecule has 0 fully saturated rings. The number of benzene rings is 2. The summed E-state index contributed by atoms with van der Waals surface area (Å²) in [7, 11) is 2.87. The number of methoxy groups -OCH3 is 2. The zero-order valence-corrected chi connectivity index (χ0v) is 16.6. The lowest BCUT2D eigenvalue weighted by Gasteiger charge is -2.10. The molecule has 7 heteroatoms. The molecule has 0 aliphatic heterocycles. The van der Waals surface area contributed by atoms with Gasteiger partial charge in [0.15, 0.2) is 18.1 Å². The third-order valence-corrected chi connectivity index (χ3v) is 4.34. The Balaban J connectivity index is 1.88. The maximum Gasteiger partial charge on any atom is 0.277 e. The lowest BCUT2D eigenvalue weighted by atomic mass is 9.99. The first-order valence-corrected chi connectivity index (χ1v) is 8.98. The highest BCUT2D eigenvalue weighted by Gasteiger charge is 2.10.